The van der Waals surface area contributed by atoms with Gasteiger partial charge in [-0.15, -0.1) is 0 Å². The quantitative estimate of drug-likeness (QED) is 0.871. The zero-order chi connectivity index (χ0) is 14.4. The Labute approximate surface area is 119 Å². The number of aliphatic hydroxyl groups excluding tert-OH is 1. The minimum absolute atomic E-state index is 0.579. The molecule has 0 saturated heterocycles. The van der Waals surface area contributed by atoms with Crippen molar-refractivity contribution in [3.63, 3.8) is 0 Å². The third-order valence-corrected chi connectivity index (χ3v) is 2.73. The lowest BCUT2D eigenvalue weighted by Gasteiger charge is -2.12. The van der Waals surface area contributed by atoms with Gasteiger partial charge in [-0.2, -0.15) is 0 Å². The molecule has 0 fully saturated rings. The number of rotatable bonds is 6. The summed E-state index contributed by atoms with van der Waals surface area (Å²) in [5.41, 5.74) is 0.618. The lowest BCUT2D eigenvalue weighted by Crippen LogP contribution is -1.98. The number of aromatic nitrogens is 1. The van der Waals surface area contributed by atoms with Crippen molar-refractivity contribution in [1.82, 2.24) is 4.98 Å². The highest BCUT2D eigenvalue weighted by molar-refractivity contribution is 5.42. The Morgan fingerprint density at radius 1 is 1.15 bits per heavy atom. The van der Waals surface area contributed by atoms with Gasteiger partial charge in [0.15, 0.2) is 11.5 Å². The molecule has 4 heteroatoms. The van der Waals surface area contributed by atoms with E-state index in [4.69, 9.17) is 9.47 Å². The predicted molar refractivity (Wildman–Crippen MR) is 77.2 cm³/mol. The topological polar surface area (TPSA) is 51.6 Å². The molecular weight excluding hydrogens is 254 g/mol. The van der Waals surface area contributed by atoms with Gasteiger partial charge in [0.2, 0.25) is 0 Å². The van der Waals surface area contributed by atoms with Crippen molar-refractivity contribution < 1.29 is 14.6 Å². The number of hydrogen-bond donors (Lipinski definition) is 1. The Bertz CT molecular complexity index is 538. The minimum Gasteiger partial charge on any atom is -0.490 e. The van der Waals surface area contributed by atoms with Crippen LogP contribution >= 0.6 is 0 Å². The van der Waals surface area contributed by atoms with Crippen LogP contribution in [-0.2, 0) is 0 Å². The molecule has 4 nitrogen and oxygen atoms in total. The monoisotopic (exact) mass is 273 g/mol. The molecule has 1 atom stereocenters. The summed E-state index contributed by atoms with van der Waals surface area (Å²) in [7, 11) is 0. The van der Waals surface area contributed by atoms with Crippen LogP contribution in [0.15, 0.2) is 42.6 Å². The molecule has 2 rings (SSSR count). The molecule has 1 aromatic carbocycles. The number of para-hydroxylation sites is 2. The molecular formula is C16H19NO3. The summed E-state index contributed by atoms with van der Waals surface area (Å²) in [4.78, 5) is 4.15. The van der Waals surface area contributed by atoms with E-state index in [-0.39, 0.29) is 0 Å². The second-order valence-corrected chi connectivity index (χ2v) is 4.49. The largest absolute Gasteiger partial charge is 0.490 e. The third-order valence-electron chi connectivity index (χ3n) is 2.73. The molecule has 1 heterocycles. The fourth-order valence-corrected chi connectivity index (χ4v) is 1.69. The average molecular weight is 273 g/mol. The Morgan fingerprint density at radius 2 is 1.90 bits per heavy atom. The summed E-state index contributed by atoms with van der Waals surface area (Å²) in [5.74, 6) is 1.99. The van der Waals surface area contributed by atoms with Gasteiger partial charge in [-0.3, -0.25) is 4.98 Å². The van der Waals surface area contributed by atoms with Crippen molar-refractivity contribution in [2.24, 2.45) is 0 Å². The van der Waals surface area contributed by atoms with Crippen LogP contribution in [0.2, 0.25) is 0 Å². The zero-order valence-electron chi connectivity index (χ0n) is 11.7. The first-order chi connectivity index (χ1) is 9.70. The fourth-order valence-electron chi connectivity index (χ4n) is 1.69. The Balaban J connectivity index is 2.13. The second-order valence-electron chi connectivity index (χ2n) is 4.49. The lowest BCUT2D eigenvalue weighted by atomic mass is 10.2. The van der Waals surface area contributed by atoms with E-state index in [0.29, 0.717) is 29.5 Å². The third kappa shape index (κ3) is 3.71. The lowest BCUT2D eigenvalue weighted by molar-refractivity contribution is 0.194. The molecule has 1 unspecified atom stereocenters. The minimum atomic E-state index is -0.579. The van der Waals surface area contributed by atoms with E-state index < -0.39 is 6.10 Å². The van der Waals surface area contributed by atoms with Crippen molar-refractivity contribution >= 4 is 0 Å². The van der Waals surface area contributed by atoms with Gasteiger partial charge in [0, 0.05) is 0 Å². The average Bonchev–Trinajstić information content (AvgIpc) is 2.47. The number of nitrogens with zero attached hydrogens (tertiary/aromatic N) is 1. The highest BCUT2D eigenvalue weighted by Gasteiger charge is 2.07. The first-order valence-corrected chi connectivity index (χ1v) is 6.74. The van der Waals surface area contributed by atoms with Crippen molar-refractivity contribution in [2.75, 3.05) is 6.61 Å². The van der Waals surface area contributed by atoms with Crippen LogP contribution < -0.4 is 9.47 Å². The molecule has 0 amide bonds. The standard InChI is InChI=1S/C16H19NO3/c1-3-10-19-15-6-4-5-7-16(15)20-13-8-9-14(12(2)18)17-11-13/h4-9,11-12,18H,3,10H2,1-2H3. The van der Waals surface area contributed by atoms with Gasteiger partial charge in [-0.05, 0) is 37.6 Å². The normalized spacial score (nSPS) is 11.9. The van der Waals surface area contributed by atoms with Gasteiger partial charge < -0.3 is 14.6 Å². The highest BCUT2D eigenvalue weighted by Crippen LogP contribution is 2.31. The molecule has 0 spiro atoms. The van der Waals surface area contributed by atoms with E-state index in [1.165, 1.54) is 0 Å². The van der Waals surface area contributed by atoms with Crippen LogP contribution in [0.25, 0.3) is 0 Å². The van der Waals surface area contributed by atoms with Crippen LogP contribution in [0, 0.1) is 0 Å². The van der Waals surface area contributed by atoms with Crippen LogP contribution in [0.5, 0.6) is 17.2 Å². The van der Waals surface area contributed by atoms with Crippen molar-refractivity contribution in [2.45, 2.75) is 26.4 Å². The number of aliphatic hydroxyl groups is 1. The van der Waals surface area contributed by atoms with Crippen molar-refractivity contribution in [3.8, 4) is 17.2 Å². The van der Waals surface area contributed by atoms with E-state index in [1.807, 2.05) is 24.3 Å². The van der Waals surface area contributed by atoms with Crippen LogP contribution in [0.3, 0.4) is 0 Å². The summed E-state index contributed by atoms with van der Waals surface area (Å²) in [6.45, 7) is 4.39. The van der Waals surface area contributed by atoms with Gasteiger partial charge in [0.1, 0.15) is 5.75 Å². The maximum atomic E-state index is 9.42. The maximum Gasteiger partial charge on any atom is 0.169 e. The van der Waals surface area contributed by atoms with Crippen molar-refractivity contribution in [1.29, 1.82) is 0 Å². The highest BCUT2D eigenvalue weighted by atomic mass is 16.5. The summed E-state index contributed by atoms with van der Waals surface area (Å²) in [5, 5.41) is 9.42. The Hall–Kier alpha value is -2.07. The SMILES string of the molecule is CCCOc1ccccc1Oc1ccc(C(C)O)nc1. The summed E-state index contributed by atoms with van der Waals surface area (Å²) >= 11 is 0. The van der Waals surface area contributed by atoms with Crippen LogP contribution in [-0.4, -0.2) is 16.7 Å². The zero-order valence-corrected chi connectivity index (χ0v) is 11.7. The Morgan fingerprint density at radius 3 is 2.50 bits per heavy atom. The van der Waals surface area contributed by atoms with Crippen LogP contribution in [0.1, 0.15) is 32.1 Å². The van der Waals surface area contributed by atoms with Gasteiger partial charge in [-0.1, -0.05) is 19.1 Å². The molecule has 1 N–H and O–H groups in total. The van der Waals surface area contributed by atoms with Gasteiger partial charge in [0.05, 0.1) is 24.6 Å². The van der Waals surface area contributed by atoms with Crippen molar-refractivity contribution in [3.05, 3.63) is 48.3 Å². The van der Waals surface area contributed by atoms with E-state index in [9.17, 15) is 5.11 Å². The molecule has 0 aliphatic carbocycles. The molecule has 106 valence electrons. The molecule has 0 saturated carbocycles. The molecule has 1 aromatic heterocycles. The fraction of sp³-hybridized carbons (Fsp3) is 0.312. The second kappa shape index (κ2) is 6.91. The van der Waals surface area contributed by atoms with Gasteiger partial charge in [0.25, 0.3) is 0 Å². The van der Waals surface area contributed by atoms with Gasteiger partial charge >= 0.3 is 0 Å². The summed E-state index contributed by atoms with van der Waals surface area (Å²) < 4.78 is 11.4. The maximum absolute atomic E-state index is 9.42. The number of benzene rings is 1. The predicted octanol–water partition coefficient (Wildman–Crippen LogP) is 3.72. The Kier molecular flexibility index (Phi) is 4.96. The number of ether oxygens (including phenoxy) is 2. The van der Waals surface area contributed by atoms with E-state index in [1.54, 1.807) is 25.3 Å². The molecule has 0 bridgehead atoms. The molecule has 2 aromatic rings. The number of hydrogen-bond acceptors (Lipinski definition) is 4. The molecule has 0 aliphatic heterocycles. The molecule has 0 aliphatic rings. The van der Waals surface area contributed by atoms with Gasteiger partial charge in [-0.25, -0.2) is 0 Å². The smallest absolute Gasteiger partial charge is 0.169 e. The molecule has 0 radical (unpaired) electrons. The van der Waals surface area contributed by atoms with E-state index in [0.717, 1.165) is 6.42 Å². The number of pyridine rings is 1. The summed E-state index contributed by atoms with van der Waals surface area (Å²) in [6, 6.07) is 11.1. The summed E-state index contributed by atoms with van der Waals surface area (Å²) in [6.07, 6.45) is 1.96. The van der Waals surface area contributed by atoms with E-state index in [2.05, 4.69) is 11.9 Å². The first-order valence-electron chi connectivity index (χ1n) is 6.74. The first kappa shape index (κ1) is 14.3. The molecule has 20 heavy (non-hydrogen) atoms. The van der Waals surface area contributed by atoms with Crippen LogP contribution in [0.4, 0.5) is 0 Å². The van der Waals surface area contributed by atoms with E-state index >= 15 is 0 Å².